The monoisotopic (exact) mass is 400 g/mol. The molecular weight excluding hydrogens is 376 g/mol. The van der Waals surface area contributed by atoms with Crippen molar-refractivity contribution in [1.82, 2.24) is 24.8 Å². The normalized spacial score (nSPS) is 12.5. The van der Waals surface area contributed by atoms with Crippen LogP contribution in [0.15, 0.2) is 21.7 Å². The van der Waals surface area contributed by atoms with Crippen molar-refractivity contribution in [1.29, 1.82) is 0 Å². The lowest BCUT2D eigenvalue weighted by Crippen LogP contribution is -2.32. The summed E-state index contributed by atoms with van der Waals surface area (Å²) in [6.45, 7) is 5.55. The number of aryl methyl sites for hydroxylation is 2. The molecule has 0 saturated carbocycles. The van der Waals surface area contributed by atoms with Gasteiger partial charge in [0.05, 0.1) is 11.0 Å². The van der Waals surface area contributed by atoms with E-state index in [2.05, 4.69) is 20.3 Å². The van der Waals surface area contributed by atoms with Crippen LogP contribution in [0.5, 0.6) is 0 Å². The highest BCUT2D eigenvalue weighted by Gasteiger charge is 2.19. The summed E-state index contributed by atoms with van der Waals surface area (Å²) < 4.78 is 1.82. The summed E-state index contributed by atoms with van der Waals surface area (Å²) in [6.07, 6.45) is 1.00. The fourth-order valence-electron chi connectivity index (χ4n) is 3.16. The Kier molecular flexibility index (Phi) is 6.04. The van der Waals surface area contributed by atoms with Crippen molar-refractivity contribution in [2.24, 2.45) is 5.73 Å². The first-order valence-corrected chi connectivity index (χ1v) is 9.39. The molecular formula is C19H24N6O4. The Labute approximate surface area is 166 Å². The SMILES string of the molecule is Cc1cc2nc3c(=O)[nH]c(=O)nc-3n(CCNCCCC(N)C(=O)O)c2cc1C. The molecule has 10 nitrogen and oxygen atoms in total. The van der Waals surface area contributed by atoms with Crippen molar-refractivity contribution < 1.29 is 9.90 Å². The highest BCUT2D eigenvalue weighted by molar-refractivity contribution is 5.81. The Bertz CT molecular complexity index is 1140. The third-order valence-electron chi connectivity index (χ3n) is 4.92. The van der Waals surface area contributed by atoms with E-state index in [1.165, 1.54) is 0 Å². The predicted octanol–water partition coefficient (Wildman–Crippen LogP) is -0.0169. The summed E-state index contributed by atoms with van der Waals surface area (Å²) in [5, 5.41) is 12.0. The first-order valence-electron chi connectivity index (χ1n) is 9.39. The van der Waals surface area contributed by atoms with Crippen molar-refractivity contribution in [2.75, 3.05) is 13.1 Å². The molecule has 1 aromatic rings. The van der Waals surface area contributed by atoms with E-state index in [4.69, 9.17) is 10.8 Å². The van der Waals surface area contributed by atoms with Gasteiger partial charge in [-0.25, -0.2) is 9.78 Å². The van der Waals surface area contributed by atoms with Crippen LogP contribution in [0.2, 0.25) is 0 Å². The molecule has 0 aromatic heterocycles. The van der Waals surface area contributed by atoms with Gasteiger partial charge in [-0.2, -0.15) is 4.98 Å². The first kappa shape index (κ1) is 20.6. The number of fused-ring (bicyclic) bond motifs is 2. The van der Waals surface area contributed by atoms with Crippen molar-refractivity contribution >= 4 is 17.0 Å². The van der Waals surface area contributed by atoms with Gasteiger partial charge in [0.2, 0.25) is 0 Å². The molecule has 154 valence electrons. The second kappa shape index (κ2) is 8.50. The molecule has 0 spiro atoms. The molecule has 0 radical (unpaired) electrons. The van der Waals surface area contributed by atoms with E-state index in [1.807, 2.05) is 30.5 Å². The number of nitrogens with one attached hydrogen (secondary N) is 2. The molecule has 1 unspecified atom stereocenters. The Morgan fingerprint density at radius 3 is 2.69 bits per heavy atom. The van der Waals surface area contributed by atoms with Crippen LogP contribution >= 0.6 is 0 Å². The lowest BCUT2D eigenvalue weighted by molar-refractivity contribution is -0.138. The number of rotatable bonds is 8. The number of hydrogen-bond donors (Lipinski definition) is 4. The zero-order valence-electron chi connectivity index (χ0n) is 16.4. The minimum absolute atomic E-state index is 0.118. The smallest absolute Gasteiger partial charge is 0.349 e. The van der Waals surface area contributed by atoms with Crippen LogP contribution in [-0.4, -0.2) is 49.7 Å². The van der Waals surface area contributed by atoms with Crippen molar-refractivity contribution in [3.63, 3.8) is 0 Å². The first-order chi connectivity index (χ1) is 13.8. The van der Waals surface area contributed by atoms with Crippen molar-refractivity contribution in [3.8, 4) is 11.5 Å². The van der Waals surface area contributed by atoms with E-state index < -0.39 is 23.3 Å². The molecule has 2 aliphatic rings. The number of carboxylic acid groups (broad SMARTS) is 1. The molecule has 2 aliphatic heterocycles. The van der Waals surface area contributed by atoms with E-state index in [1.54, 1.807) is 0 Å². The van der Waals surface area contributed by atoms with Gasteiger partial charge in [0.1, 0.15) is 6.04 Å². The van der Waals surface area contributed by atoms with E-state index in [-0.39, 0.29) is 11.5 Å². The Morgan fingerprint density at radius 2 is 1.97 bits per heavy atom. The molecule has 0 bridgehead atoms. The number of nitrogens with zero attached hydrogens (tertiary/aromatic N) is 3. The number of aromatic nitrogens is 4. The standard InChI is InChI=1S/C19H24N6O4/c1-10-8-13-14(9-11(10)2)25(7-6-21-5-3-4-12(20)18(27)28)16-15(22-13)17(26)24-19(29)23-16/h8-9,12,21H,3-7,20H2,1-2H3,(H,27,28)(H,24,26,29). The minimum Gasteiger partial charge on any atom is -0.480 e. The number of aliphatic carboxylic acids is 1. The third kappa shape index (κ3) is 4.49. The largest absolute Gasteiger partial charge is 0.480 e. The number of benzene rings is 1. The second-order valence-electron chi connectivity index (χ2n) is 7.07. The number of carboxylic acids is 1. The fraction of sp³-hybridized carbons (Fsp3) is 0.421. The Morgan fingerprint density at radius 1 is 1.24 bits per heavy atom. The van der Waals surface area contributed by atoms with E-state index in [9.17, 15) is 14.4 Å². The quantitative estimate of drug-likeness (QED) is 0.304. The van der Waals surface area contributed by atoms with E-state index in [0.717, 1.165) is 16.6 Å². The summed E-state index contributed by atoms with van der Waals surface area (Å²) in [4.78, 5) is 45.3. The maximum absolute atomic E-state index is 12.2. The lowest BCUT2D eigenvalue weighted by Gasteiger charge is -2.18. The van der Waals surface area contributed by atoms with E-state index in [0.29, 0.717) is 38.0 Å². The van der Waals surface area contributed by atoms with Crippen LogP contribution < -0.4 is 22.3 Å². The minimum atomic E-state index is -1.01. The highest BCUT2D eigenvalue weighted by atomic mass is 16.4. The second-order valence-corrected chi connectivity index (χ2v) is 7.07. The topological polar surface area (TPSA) is 156 Å². The number of carbonyl (C=O) groups is 1. The predicted molar refractivity (Wildman–Crippen MR) is 108 cm³/mol. The average Bonchev–Trinajstić information content (AvgIpc) is 2.65. The number of nitrogens with two attached hydrogens (primary N) is 1. The molecule has 10 heteroatoms. The summed E-state index contributed by atoms with van der Waals surface area (Å²) in [5.74, 6) is -0.769. The van der Waals surface area contributed by atoms with Crippen molar-refractivity contribution in [3.05, 3.63) is 44.1 Å². The molecule has 29 heavy (non-hydrogen) atoms. The molecule has 0 saturated heterocycles. The number of aromatic amines is 1. The van der Waals surface area contributed by atoms with Gasteiger partial charge in [-0.3, -0.25) is 14.6 Å². The molecule has 5 N–H and O–H groups in total. The van der Waals surface area contributed by atoms with Crippen molar-refractivity contribution in [2.45, 2.75) is 39.3 Å². The molecule has 0 aliphatic carbocycles. The van der Waals surface area contributed by atoms with Gasteiger partial charge in [0, 0.05) is 13.1 Å². The van der Waals surface area contributed by atoms with Crippen LogP contribution in [0.4, 0.5) is 0 Å². The van der Waals surface area contributed by atoms with Crippen LogP contribution in [-0.2, 0) is 11.3 Å². The third-order valence-corrected chi connectivity index (χ3v) is 4.92. The summed E-state index contributed by atoms with van der Waals surface area (Å²) >= 11 is 0. The summed E-state index contributed by atoms with van der Waals surface area (Å²) in [7, 11) is 0. The Hall–Kier alpha value is -3.11. The van der Waals surface area contributed by atoms with Crippen LogP contribution in [0.1, 0.15) is 24.0 Å². The molecule has 3 rings (SSSR count). The summed E-state index contributed by atoms with van der Waals surface area (Å²) in [6, 6.07) is 3.01. The average molecular weight is 400 g/mol. The molecule has 0 amide bonds. The van der Waals surface area contributed by atoms with Crippen LogP contribution in [0.25, 0.3) is 22.6 Å². The molecule has 2 heterocycles. The van der Waals surface area contributed by atoms with Gasteiger partial charge in [-0.05, 0) is 56.5 Å². The molecule has 1 aromatic carbocycles. The zero-order valence-corrected chi connectivity index (χ0v) is 16.4. The van der Waals surface area contributed by atoms with Gasteiger partial charge in [-0.15, -0.1) is 0 Å². The lowest BCUT2D eigenvalue weighted by atomic mass is 10.1. The maximum atomic E-state index is 12.2. The highest BCUT2D eigenvalue weighted by Crippen LogP contribution is 2.23. The van der Waals surface area contributed by atoms with E-state index >= 15 is 0 Å². The summed E-state index contributed by atoms with van der Waals surface area (Å²) in [5.41, 5.74) is 7.89. The van der Waals surface area contributed by atoms with Crippen LogP contribution in [0, 0.1) is 13.8 Å². The van der Waals surface area contributed by atoms with Crippen LogP contribution in [0.3, 0.4) is 0 Å². The van der Waals surface area contributed by atoms with Gasteiger partial charge in [0.25, 0.3) is 5.56 Å². The van der Waals surface area contributed by atoms with Gasteiger partial charge < -0.3 is 20.7 Å². The molecule has 0 fully saturated rings. The molecule has 1 atom stereocenters. The maximum Gasteiger partial charge on any atom is 0.349 e. The van der Waals surface area contributed by atoms with Gasteiger partial charge in [-0.1, -0.05) is 0 Å². The Balaban J connectivity index is 1.86. The van der Waals surface area contributed by atoms with Gasteiger partial charge in [0.15, 0.2) is 11.5 Å². The van der Waals surface area contributed by atoms with Gasteiger partial charge >= 0.3 is 11.7 Å². The number of H-pyrrole nitrogens is 1. The zero-order chi connectivity index (χ0) is 21.1. The fourth-order valence-corrected chi connectivity index (χ4v) is 3.16. The number of hydrogen-bond acceptors (Lipinski definition) is 7.